The van der Waals surface area contributed by atoms with Gasteiger partial charge in [0.15, 0.2) is 0 Å². The second kappa shape index (κ2) is 6.82. The first-order valence-corrected chi connectivity index (χ1v) is 8.11. The van der Waals surface area contributed by atoms with Crippen LogP contribution in [-0.2, 0) is 11.2 Å². The molecule has 7 nitrogen and oxygen atoms in total. The number of nitrogens with zero attached hydrogens (tertiary/aromatic N) is 3. The Kier molecular flexibility index (Phi) is 4.59. The third-order valence-corrected chi connectivity index (χ3v) is 4.15. The lowest BCUT2D eigenvalue weighted by molar-refractivity contribution is -0.121. The third kappa shape index (κ3) is 3.29. The normalized spacial score (nSPS) is 16.1. The molecule has 1 aliphatic rings. The highest BCUT2D eigenvalue weighted by molar-refractivity contribution is 5.99. The lowest BCUT2D eigenvalue weighted by Crippen LogP contribution is -2.30. The lowest BCUT2D eigenvalue weighted by atomic mass is 10.0. The quantitative estimate of drug-likeness (QED) is 0.839. The number of carbonyl (C=O) groups excluding carboxylic acids is 2. The zero-order chi connectivity index (χ0) is 17.1. The van der Waals surface area contributed by atoms with Gasteiger partial charge in [0.2, 0.25) is 5.91 Å². The molecule has 0 spiro atoms. The zero-order valence-corrected chi connectivity index (χ0v) is 13.8. The Balaban J connectivity index is 1.52. The second-order valence-electron chi connectivity index (χ2n) is 6.17. The van der Waals surface area contributed by atoms with E-state index < -0.39 is 0 Å². The summed E-state index contributed by atoms with van der Waals surface area (Å²) in [7, 11) is 0. The molecule has 0 bridgehead atoms. The molecule has 0 aliphatic carbocycles. The fourth-order valence-electron chi connectivity index (χ4n) is 2.93. The fourth-order valence-corrected chi connectivity index (χ4v) is 2.93. The van der Waals surface area contributed by atoms with Crippen molar-refractivity contribution < 1.29 is 9.59 Å². The van der Waals surface area contributed by atoms with Crippen molar-refractivity contribution in [2.75, 3.05) is 6.54 Å². The largest absolute Gasteiger partial charge is 0.356 e. The minimum absolute atomic E-state index is 0.0902. The van der Waals surface area contributed by atoms with Crippen LogP contribution >= 0.6 is 0 Å². The summed E-state index contributed by atoms with van der Waals surface area (Å²) in [5, 5.41) is 13.7. The average molecular weight is 327 g/mol. The van der Waals surface area contributed by atoms with Crippen molar-refractivity contribution in [2.45, 2.75) is 38.8 Å². The summed E-state index contributed by atoms with van der Waals surface area (Å²) in [4.78, 5) is 24.0. The predicted molar refractivity (Wildman–Crippen MR) is 88.4 cm³/mol. The van der Waals surface area contributed by atoms with Crippen molar-refractivity contribution in [3.05, 3.63) is 47.5 Å². The number of aromatic nitrogens is 3. The van der Waals surface area contributed by atoms with Crippen LogP contribution < -0.4 is 10.6 Å². The van der Waals surface area contributed by atoms with E-state index in [1.54, 1.807) is 12.4 Å². The highest BCUT2D eigenvalue weighted by Crippen LogP contribution is 2.27. The molecule has 3 rings (SSSR count). The van der Waals surface area contributed by atoms with Crippen LogP contribution in [-0.4, -0.2) is 33.1 Å². The SMILES string of the molecule is CC(C)n1cnnc1CCNC(=O)C[C@@H]1NC(=O)c2ccccc21. The lowest BCUT2D eigenvalue weighted by Gasteiger charge is -2.13. The van der Waals surface area contributed by atoms with Crippen LogP contribution in [0.1, 0.15) is 54.1 Å². The van der Waals surface area contributed by atoms with Gasteiger partial charge in [-0.1, -0.05) is 18.2 Å². The van der Waals surface area contributed by atoms with Gasteiger partial charge in [-0.2, -0.15) is 0 Å². The van der Waals surface area contributed by atoms with Gasteiger partial charge in [0.05, 0.1) is 12.5 Å². The van der Waals surface area contributed by atoms with Crippen molar-refractivity contribution in [1.82, 2.24) is 25.4 Å². The van der Waals surface area contributed by atoms with Gasteiger partial charge in [-0.3, -0.25) is 9.59 Å². The smallest absolute Gasteiger partial charge is 0.252 e. The monoisotopic (exact) mass is 327 g/mol. The van der Waals surface area contributed by atoms with Crippen molar-refractivity contribution >= 4 is 11.8 Å². The number of rotatable bonds is 6. The third-order valence-electron chi connectivity index (χ3n) is 4.15. The summed E-state index contributed by atoms with van der Waals surface area (Å²) in [6, 6.07) is 7.40. The number of hydrogen-bond acceptors (Lipinski definition) is 4. The van der Waals surface area contributed by atoms with E-state index in [1.807, 2.05) is 22.8 Å². The van der Waals surface area contributed by atoms with E-state index in [0.29, 0.717) is 18.5 Å². The Bertz CT molecular complexity index is 753. The van der Waals surface area contributed by atoms with Crippen molar-refractivity contribution in [3.8, 4) is 0 Å². The Morgan fingerprint density at radius 1 is 1.38 bits per heavy atom. The van der Waals surface area contributed by atoms with Gasteiger partial charge in [-0.05, 0) is 25.5 Å². The summed E-state index contributed by atoms with van der Waals surface area (Å²) in [6.45, 7) is 4.61. The van der Waals surface area contributed by atoms with Gasteiger partial charge >= 0.3 is 0 Å². The van der Waals surface area contributed by atoms with E-state index in [9.17, 15) is 9.59 Å². The fraction of sp³-hybridized carbons (Fsp3) is 0.412. The van der Waals surface area contributed by atoms with Crippen LogP contribution in [0, 0.1) is 0 Å². The molecular weight excluding hydrogens is 306 g/mol. The van der Waals surface area contributed by atoms with Crippen LogP contribution in [0.15, 0.2) is 30.6 Å². The van der Waals surface area contributed by atoms with E-state index in [0.717, 1.165) is 11.4 Å². The molecule has 2 aromatic rings. The Hall–Kier alpha value is -2.70. The number of fused-ring (bicyclic) bond motifs is 1. The topological polar surface area (TPSA) is 88.9 Å². The molecule has 0 fully saturated rings. The maximum atomic E-state index is 12.2. The molecule has 1 aromatic carbocycles. The van der Waals surface area contributed by atoms with Crippen molar-refractivity contribution in [3.63, 3.8) is 0 Å². The maximum absolute atomic E-state index is 12.2. The highest BCUT2D eigenvalue weighted by Gasteiger charge is 2.29. The molecule has 0 saturated heterocycles. The van der Waals surface area contributed by atoms with Crippen LogP contribution in [0.2, 0.25) is 0 Å². The minimum Gasteiger partial charge on any atom is -0.356 e. The maximum Gasteiger partial charge on any atom is 0.252 e. The van der Waals surface area contributed by atoms with Crippen LogP contribution in [0.3, 0.4) is 0 Å². The molecule has 7 heteroatoms. The minimum atomic E-state index is -0.256. The Morgan fingerprint density at radius 2 is 2.17 bits per heavy atom. The number of amides is 2. The molecule has 24 heavy (non-hydrogen) atoms. The molecule has 2 N–H and O–H groups in total. The zero-order valence-electron chi connectivity index (χ0n) is 13.8. The van der Waals surface area contributed by atoms with Gasteiger partial charge in [0, 0.05) is 24.6 Å². The molecule has 1 aromatic heterocycles. The first-order chi connectivity index (χ1) is 11.6. The van der Waals surface area contributed by atoms with Crippen molar-refractivity contribution in [1.29, 1.82) is 0 Å². The first kappa shape index (κ1) is 16.2. The summed E-state index contributed by atoms with van der Waals surface area (Å²) >= 11 is 0. The van der Waals surface area contributed by atoms with E-state index in [1.165, 1.54) is 0 Å². The Labute approximate surface area is 140 Å². The summed E-state index contributed by atoms with van der Waals surface area (Å²) in [5.41, 5.74) is 1.54. The summed E-state index contributed by atoms with van der Waals surface area (Å²) < 4.78 is 1.99. The molecule has 0 radical (unpaired) electrons. The summed E-state index contributed by atoms with van der Waals surface area (Å²) in [5.74, 6) is 0.644. The molecule has 1 aliphatic heterocycles. The molecule has 2 heterocycles. The van der Waals surface area contributed by atoms with E-state index >= 15 is 0 Å². The molecule has 1 atom stereocenters. The van der Waals surface area contributed by atoms with Crippen LogP contribution in [0.25, 0.3) is 0 Å². The van der Waals surface area contributed by atoms with E-state index in [-0.39, 0.29) is 30.3 Å². The van der Waals surface area contributed by atoms with E-state index in [4.69, 9.17) is 0 Å². The summed E-state index contributed by atoms with van der Waals surface area (Å²) in [6.07, 6.45) is 2.56. The molecule has 126 valence electrons. The molecule has 2 amide bonds. The number of benzene rings is 1. The van der Waals surface area contributed by atoms with Crippen molar-refractivity contribution in [2.24, 2.45) is 0 Å². The molecular formula is C17H21N5O2. The standard InChI is InChI=1S/C17H21N5O2/c1-11(2)22-10-19-21-15(22)7-8-18-16(23)9-14-12-5-3-4-6-13(12)17(24)20-14/h3-6,10-11,14H,7-9H2,1-2H3,(H,18,23)(H,20,24)/t14-/m0/s1. The predicted octanol–water partition coefficient (Wildman–Crippen LogP) is 1.39. The van der Waals surface area contributed by atoms with Crippen LogP contribution in [0.4, 0.5) is 0 Å². The van der Waals surface area contributed by atoms with Gasteiger partial charge in [-0.15, -0.1) is 10.2 Å². The second-order valence-corrected chi connectivity index (χ2v) is 6.17. The van der Waals surface area contributed by atoms with Gasteiger partial charge < -0.3 is 15.2 Å². The molecule has 0 unspecified atom stereocenters. The highest BCUT2D eigenvalue weighted by atomic mass is 16.2. The number of hydrogen-bond donors (Lipinski definition) is 2. The average Bonchev–Trinajstić information content (AvgIpc) is 3.14. The first-order valence-electron chi connectivity index (χ1n) is 8.11. The van der Waals surface area contributed by atoms with Crippen LogP contribution in [0.5, 0.6) is 0 Å². The van der Waals surface area contributed by atoms with Gasteiger partial charge in [0.1, 0.15) is 12.2 Å². The van der Waals surface area contributed by atoms with E-state index in [2.05, 4.69) is 34.7 Å². The van der Waals surface area contributed by atoms with Gasteiger partial charge in [0.25, 0.3) is 5.91 Å². The van der Waals surface area contributed by atoms with Gasteiger partial charge in [-0.25, -0.2) is 0 Å². The number of nitrogens with one attached hydrogen (secondary N) is 2. The molecule has 0 saturated carbocycles. The number of carbonyl (C=O) groups is 2. The Morgan fingerprint density at radius 3 is 2.96 bits per heavy atom.